The molecule has 0 bridgehead atoms. The van der Waals surface area contributed by atoms with Crippen molar-refractivity contribution in [2.24, 2.45) is 0 Å². The van der Waals surface area contributed by atoms with Gasteiger partial charge in [0.25, 0.3) is 0 Å². The smallest absolute Gasteiger partial charge is 0.407 e. The van der Waals surface area contributed by atoms with Crippen LogP contribution in [0.1, 0.15) is 43.4 Å². The van der Waals surface area contributed by atoms with Gasteiger partial charge in [-0.1, -0.05) is 36.4 Å². The van der Waals surface area contributed by atoms with Gasteiger partial charge < -0.3 is 10.1 Å². The fraction of sp³-hybridized carbons (Fsp3) is 0.435. The SMILES string of the molecule is CC(C)(C)OC(=O)N[C@H]1CN(Cc2ccccc2)C[C@@H]1c1cc(CF)ccc1F. The number of amides is 1. The van der Waals surface area contributed by atoms with Gasteiger partial charge in [-0.15, -0.1) is 0 Å². The van der Waals surface area contributed by atoms with Crippen LogP contribution < -0.4 is 5.32 Å². The molecule has 6 heteroatoms. The number of benzene rings is 2. The van der Waals surface area contributed by atoms with Gasteiger partial charge in [-0.25, -0.2) is 13.6 Å². The van der Waals surface area contributed by atoms with Crippen LogP contribution in [0.2, 0.25) is 0 Å². The molecule has 1 aliphatic rings. The molecule has 1 heterocycles. The fourth-order valence-corrected chi connectivity index (χ4v) is 3.74. The minimum Gasteiger partial charge on any atom is -0.444 e. The molecule has 2 aromatic rings. The quantitative estimate of drug-likeness (QED) is 0.782. The van der Waals surface area contributed by atoms with Crippen LogP contribution >= 0.6 is 0 Å². The van der Waals surface area contributed by atoms with E-state index < -0.39 is 18.4 Å². The van der Waals surface area contributed by atoms with Crippen molar-refractivity contribution in [2.45, 2.75) is 51.6 Å². The standard InChI is InChI=1S/C23H28F2N2O2/c1-23(2,3)29-22(28)26-21-15-27(13-16-7-5-4-6-8-16)14-19(21)18-11-17(12-24)9-10-20(18)25/h4-11,19,21H,12-15H2,1-3H3,(H,26,28)/t19-,21+/m1/s1. The average molecular weight is 402 g/mol. The number of hydrogen-bond acceptors (Lipinski definition) is 3. The Morgan fingerprint density at radius 3 is 2.52 bits per heavy atom. The number of nitrogens with one attached hydrogen (secondary N) is 1. The summed E-state index contributed by atoms with van der Waals surface area (Å²) in [7, 11) is 0. The van der Waals surface area contributed by atoms with Crippen LogP contribution in [0.3, 0.4) is 0 Å². The molecule has 156 valence electrons. The summed E-state index contributed by atoms with van der Waals surface area (Å²) in [5.41, 5.74) is 1.37. The Balaban J connectivity index is 1.82. The lowest BCUT2D eigenvalue weighted by Crippen LogP contribution is -2.42. The van der Waals surface area contributed by atoms with E-state index in [4.69, 9.17) is 4.74 Å². The van der Waals surface area contributed by atoms with E-state index in [9.17, 15) is 13.6 Å². The van der Waals surface area contributed by atoms with Crippen molar-refractivity contribution in [3.63, 3.8) is 0 Å². The van der Waals surface area contributed by atoms with Gasteiger partial charge in [0.05, 0.1) is 6.04 Å². The molecule has 1 N–H and O–H groups in total. The number of likely N-dealkylation sites (tertiary alicyclic amines) is 1. The summed E-state index contributed by atoms with van der Waals surface area (Å²) >= 11 is 0. The van der Waals surface area contributed by atoms with Crippen molar-refractivity contribution >= 4 is 6.09 Å². The van der Waals surface area contributed by atoms with Crippen molar-refractivity contribution < 1.29 is 18.3 Å². The van der Waals surface area contributed by atoms with Crippen LogP contribution in [-0.2, 0) is 18.0 Å². The number of alkyl halides is 1. The van der Waals surface area contributed by atoms with Gasteiger partial charge in [-0.2, -0.15) is 0 Å². The molecule has 0 radical (unpaired) electrons. The van der Waals surface area contributed by atoms with E-state index in [1.165, 1.54) is 12.1 Å². The number of alkyl carbamates (subject to hydrolysis) is 1. The molecule has 1 amide bonds. The van der Waals surface area contributed by atoms with E-state index in [0.717, 1.165) is 5.56 Å². The minimum absolute atomic E-state index is 0.294. The molecule has 0 unspecified atom stereocenters. The third-order valence-corrected chi connectivity index (χ3v) is 4.96. The zero-order valence-corrected chi connectivity index (χ0v) is 17.1. The number of rotatable bonds is 5. The molecular formula is C23H28F2N2O2. The molecule has 3 rings (SSSR count). The molecule has 0 aromatic heterocycles. The van der Waals surface area contributed by atoms with Crippen molar-refractivity contribution in [2.75, 3.05) is 13.1 Å². The topological polar surface area (TPSA) is 41.6 Å². The Labute approximate surface area is 170 Å². The molecular weight excluding hydrogens is 374 g/mol. The van der Waals surface area contributed by atoms with E-state index in [2.05, 4.69) is 10.2 Å². The predicted octanol–water partition coefficient (Wildman–Crippen LogP) is 4.79. The summed E-state index contributed by atoms with van der Waals surface area (Å²) in [6.45, 7) is 6.53. The van der Waals surface area contributed by atoms with E-state index in [1.54, 1.807) is 26.8 Å². The largest absolute Gasteiger partial charge is 0.444 e. The van der Waals surface area contributed by atoms with Crippen molar-refractivity contribution in [3.8, 4) is 0 Å². The normalized spacial score (nSPS) is 19.9. The highest BCUT2D eigenvalue weighted by molar-refractivity contribution is 5.68. The second-order valence-electron chi connectivity index (χ2n) is 8.53. The molecule has 0 spiro atoms. The summed E-state index contributed by atoms with van der Waals surface area (Å²) in [5, 5.41) is 2.90. The summed E-state index contributed by atoms with van der Waals surface area (Å²) in [6.07, 6.45) is -0.531. The van der Waals surface area contributed by atoms with Gasteiger partial charge in [0.15, 0.2) is 0 Å². The number of ether oxygens (including phenoxy) is 1. The molecule has 4 nitrogen and oxygen atoms in total. The lowest BCUT2D eigenvalue weighted by Gasteiger charge is -2.24. The van der Waals surface area contributed by atoms with Crippen molar-refractivity contribution in [3.05, 3.63) is 71.0 Å². The fourth-order valence-electron chi connectivity index (χ4n) is 3.74. The van der Waals surface area contributed by atoms with E-state index in [0.29, 0.717) is 30.8 Å². The van der Waals surface area contributed by atoms with Crippen LogP contribution in [0.4, 0.5) is 13.6 Å². The Morgan fingerprint density at radius 2 is 1.86 bits per heavy atom. The monoisotopic (exact) mass is 402 g/mol. The Bertz CT molecular complexity index is 837. The molecule has 1 saturated heterocycles. The van der Waals surface area contributed by atoms with Crippen LogP contribution in [0.5, 0.6) is 0 Å². The summed E-state index contributed by atoms with van der Waals surface area (Å²) < 4.78 is 33.2. The second-order valence-corrected chi connectivity index (χ2v) is 8.53. The first-order valence-corrected chi connectivity index (χ1v) is 9.85. The third-order valence-electron chi connectivity index (χ3n) is 4.96. The van der Waals surface area contributed by atoms with Crippen molar-refractivity contribution in [1.82, 2.24) is 10.2 Å². The number of nitrogens with zero attached hydrogens (tertiary/aromatic N) is 1. The Hall–Kier alpha value is -2.47. The van der Waals surface area contributed by atoms with Gasteiger partial charge in [-0.05, 0) is 49.6 Å². The first kappa shape index (κ1) is 21.2. The second kappa shape index (κ2) is 8.91. The lowest BCUT2D eigenvalue weighted by atomic mass is 9.92. The van der Waals surface area contributed by atoms with Gasteiger partial charge in [0.2, 0.25) is 0 Å². The summed E-state index contributed by atoms with van der Waals surface area (Å²) in [6, 6.07) is 14.0. The maximum Gasteiger partial charge on any atom is 0.407 e. The number of halogens is 2. The third kappa shape index (κ3) is 5.76. The maximum atomic E-state index is 14.6. The number of hydrogen-bond donors (Lipinski definition) is 1. The van der Waals surface area contributed by atoms with E-state index in [-0.39, 0.29) is 17.8 Å². The van der Waals surface area contributed by atoms with E-state index >= 15 is 0 Å². The first-order chi connectivity index (χ1) is 13.7. The molecule has 2 aromatic carbocycles. The molecule has 0 saturated carbocycles. The number of carbonyl (C=O) groups is 1. The van der Waals surface area contributed by atoms with Gasteiger partial charge in [-0.3, -0.25) is 4.90 Å². The van der Waals surface area contributed by atoms with Crippen LogP contribution in [0.25, 0.3) is 0 Å². The van der Waals surface area contributed by atoms with Crippen LogP contribution in [0, 0.1) is 5.82 Å². The van der Waals surface area contributed by atoms with E-state index in [1.807, 2.05) is 30.3 Å². The van der Waals surface area contributed by atoms with Gasteiger partial charge in [0, 0.05) is 25.6 Å². The molecule has 1 aliphatic heterocycles. The highest BCUT2D eigenvalue weighted by Crippen LogP contribution is 2.31. The maximum absolute atomic E-state index is 14.6. The highest BCUT2D eigenvalue weighted by Gasteiger charge is 2.37. The zero-order chi connectivity index (χ0) is 21.0. The Morgan fingerprint density at radius 1 is 1.14 bits per heavy atom. The minimum atomic E-state index is -0.655. The van der Waals surface area contributed by atoms with Gasteiger partial charge in [0.1, 0.15) is 18.1 Å². The Kier molecular flexibility index (Phi) is 6.52. The molecule has 1 fully saturated rings. The summed E-state index contributed by atoms with van der Waals surface area (Å²) in [5.74, 6) is -0.678. The first-order valence-electron chi connectivity index (χ1n) is 9.85. The summed E-state index contributed by atoms with van der Waals surface area (Å²) in [4.78, 5) is 14.5. The van der Waals surface area contributed by atoms with Crippen molar-refractivity contribution in [1.29, 1.82) is 0 Å². The number of carbonyl (C=O) groups excluding carboxylic acids is 1. The van der Waals surface area contributed by atoms with Crippen LogP contribution in [-0.4, -0.2) is 35.7 Å². The molecule has 2 atom stereocenters. The molecule has 0 aliphatic carbocycles. The van der Waals surface area contributed by atoms with Gasteiger partial charge >= 0.3 is 6.09 Å². The lowest BCUT2D eigenvalue weighted by molar-refractivity contribution is 0.0502. The average Bonchev–Trinajstić information content (AvgIpc) is 3.03. The van der Waals surface area contributed by atoms with Crippen LogP contribution in [0.15, 0.2) is 48.5 Å². The molecule has 29 heavy (non-hydrogen) atoms. The highest BCUT2D eigenvalue weighted by atomic mass is 19.1. The zero-order valence-electron chi connectivity index (χ0n) is 17.1. The predicted molar refractivity (Wildman–Crippen MR) is 109 cm³/mol.